The van der Waals surface area contributed by atoms with Gasteiger partial charge in [0.05, 0.1) is 6.61 Å². The highest BCUT2D eigenvalue weighted by atomic mass is 16.6. The average molecular weight is 260 g/mol. The molecule has 106 valence electrons. The van der Waals surface area contributed by atoms with Crippen molar-refractivity contribution >= 4 is 11.9 Å². The van der Waals surface area contributed by atoms with Crippen molar-refractivity contribution in [2.24, 2.45) is 0 Å². The Hall–Kier alpha value is -1.10. The molecule has 0 aliphatic rings. The molecule has 18 heavy (non-hydrogen) atoms. The van der Waals surface area contributed by atoms with Crippen LogP contribution < -0.4 is 0 Å². The maximum Gasteiger partial charge on any atom is 0.329 e. The second-order valence-corrected chi connectivity index (χ2v) is 4.18. The number of aliphatic carboxylic acids is 1. The summed E-state index contributed by atoms with van der Waals surface area (Å²) in [5.74, 6) is -1.25. The molecule has 0 aliphatic heterocycles. The molecular formula is C13H24O5. The zero-order chi connectivity index (χ0) is 13.6. The van der Waals surface area contributed by atoms with E-state index in [1.807, 2.05) is 0 Å². The van der Waals surface area contributed by atoms with Gasteiger partial charge in [-0.2, -0.15) is 0 Å². The van der Waals surface area contributed by atoms with E-state index in [1.165, 1.54) is 25.7 Å². The molecule has 1 N–H and O–H groups in total. The van der Waals surface area contributed by atoms with Crippen LogP contribution in [-0.4, -0.2) is 36.9 Å². The second kappa shape index (κ2) is 12.4. The number of carboxylic acid groups (broad SMARTS) is 1. The highest BCUT2D eigenvalue weighted by Crippen LogP contribution is 2.07. The van der Waals surface area contributed by atoms with Gasteiger partial charge in [0.2, 0.25) is 0 Å². The Balaban J connectivity index is 3.20. The molecule has 0 aliphatic carbocycles. The third-order valence-electron chi connectivity index (χ3n) is 2.45. The lowest BCUT2D eigenvalue weighted by Gasteiger charge is -2.04. The van der Waals surface area contributed by atoms with Crippen LogP contribution in [0.2, 0.25) is 0 Å². The Morgan fingerprint density at radius 2 is 1.67 bits per heavy atom. The minimum atomic E-state index is -1.02. The molecule has 0 heterocycles. The first-order valence-electron chi connectivity index (χ1n) is 6.62. The summed E-state index contributed by atoms with van der Waals surface area (Å²) in [7, 11) is 0. The highest BCUT2D eigenvalue weighted by molar-refractivity contribution is 5.69. The van der Waals surface area contributed by atoms with Crippen LogP contribution in [0.3, 0.4) is 0 Å². The van der Waals surface area contributed by atoms with Crippen molar-refractivity contribution in [3.8, 4) is 0 Å². The standard InChI is InChI=1S/C13H24O5/c1-2-3-4-5-6-7-8-13(16)18-10-9-17-11-12(14)15/h2-11H2,1H3,(H,14,15). The number of carbonyl (C=O) groups excluding carboxylic acids is 1. The van der Waals surface area contributed by atoms with Gasteiger partial charge in [0.25, 0.3) is 0 Å². The second-order valence-electron chi connectivity index (χ2n) is 4.18. The van der Waals surface area contributed by atoms with Gasteiger partial charge in [-0.15, -0.1) is 0 Å². The van der Waals surface area contributed by atoms with E-state index in [9.17, 15) is 9.59 Å². The number of hydrogen-bond acceptors (Lipinski definition) is 4. The summed E-state index contributed by atoms with van der Waals surface area (Å²) in [5.41, 5.74) is 0. The van der Waals surface area contributed by atoms with Crippen molar-refractivity contribution < 1.29 is 24.2 Å². The predicted molar refractivity (Wildman–Crippen MR) is 67.4 cm³/mol. The Kier molecular flexibility index (Phi) is 11.6. The SMILES string of the molecule is CCCCCCCCC(=O)OCCOCC(=O)O. The topological polar surface area (TPSA) is 72.8 Å². The van der Waals surface area contributed by atoms with Crippen LogP contribution in [0.1, 0.15) is 51.9 Å². The van der Waals surface area contributed by atoms with Gasteiger partial charge in [-0.25, -0.2) is 4.79 Å². The lowest BCUT2D eigenvalue weighted by atomic mass is 10.1. The van der Waals surface area contributed by atoms with E-state index in [0.717, 1.165) is 12.8 Å². The zero-order valence-corrected chi connectivity index (χ0v) is 11.2. The van der Waals surface area contributed by atoms with Crippen molar-refractivity contribution in [3.63, 3.8) is 0 Å². The minimum Gasteiger partial charge on any atom is -0.480 e. The van der Waals surface area contributed by atoms with E-state index in [1.54, 1.807) is 0 Å². The van der Waals surface area contributed by atoms with Gasteiger partial charge in [0, 0.05) is 6.42 Å². The molecular weight excluding hydrogens is 236 g/mol. The largest absolute Gasteiger partial charge is 0.480 e. The summed E-state index contributed by atoms with van der Waals surface area (Å²) in [6.45, 7) is 2.08. The Morgan fingerprint density at radius 1 is 1.00 bits per heavy atom. The molecule has 0 unspecified atom stereocenters. The van der Waals surface area contributed by atoms with Crippen molar-refractivity contribution in [2.45, 2.75) is 51.9 Å². The first-order valence-corrected chi connectivity index (χ1v) is 6.62. The highest BCUT2D eigenvalue weighted by Gasteiger charge is 2.03. The maximum absolute atomic E-state index is 11.2. The van der Waals surface area contributed by atoms with Crippen LogP contribution in [-0.2, 0) is 19.1 Å². The van der Waals surface area contributed by atoms with Gasteiger partial charge in [-0.1, -0.05) is 39.0 Å². The van der Waals surface area contributed by atoms with E-state index in [-0.39, 0.29) is 25.8 Å². The average Bonchev–Trinajstić information content (AvgIpc) is 2.33. The van der Waals surface area contributed by atoms with Gasteiger partial charge >= 0.3 is 11.9 Å². The lowest BCUT2D eigenvalue weighted by molar-refractivity contribution is -0.147. The van der Waals surface area contributed by atoms with Crippen LogP contribution in [0.25, 0.3) is 0 Å². The molecule has 0 rings (SSSR count). The molecule has 5 heteroatoms. The fourth-order valence-corrected chi connectivity index (χ4v) is 1.50. The minimum absolute atomic E-state index is 0.127. The van der Waals surface area contributed by atoms with Crippen LogP contribution in [0.5, 0.6) is 0 Å². The monoisotopic (exact) mass is 260 g/mol. The number of carbonyl (C=O) groups is 2. The van der Waals surface area contributed by atoms with E-state index in [4.69, 9.17) is 14.6 Å². The van der Waals surface area contributed by atoms with Gasteiger partial charge in [-0.3, -0.25) is 4.79 Å². The van der Waals surface area contributed by atoms with Crippen LogP contribution in [0.15, 0.2) is 0 Å². The predicted octanol–water partition coefficient (Wildman–Crippen LogP) is 2.38. The molecule has 0 bridgehead atoms. The van der Waals surface area contributed by atoms with E-state index >= 15 is 0 Å². The van der Waals surface area contributed by atoms with Crippen molar-refractivity contribution in [1.29, 1.82) is 0 Å². The molecule has 0 spiro atoms. The smallest absolute Gasteiger partial charge is 0.329 e. The quantitative estimate of drug-likeness (QED) is 0.431. The number of rotatable bonds is 12. The van der Waals surface area contributed by atoms with Gasteiger partial charge in [0.1, 0.15) is 13.2 Å². The number of carboxylic acids is 1. The Bertz CT molecular complexity index is 227. The molecule has 0 saturated heterocycles. The summed E-state index contributed by atoms with van der Waals surface area (Å²) < 4.78 is 9.63. The van der Waals surface area contributed by atoms with Crippen LogP contribution in [0, 0.1) is 0 Å². The van der Waals surface area contributed by atoms with Crippen molar-refractivity contribution in [2.75, 3.05) is 19.8 Å². The summed E-state index contributed by atoms with van der Waals surface area (Å²) in [5, 5.41) is 8.29. The molecule has 0 saturated carbocycles. The Morgan fingerprint density at radius 3 is 2.33 bits per heavy atom. The third kappa shape index (κ3) is 13.0. The molecule has 0 aromatic rings. The van der Waals surface area contributed by atoms with Crippen LogP contribution in [0.4, 0.5) is 0 Å². The van der Waals surface area contributed by atoms with E-state index in [2.05, 4.69) is 6.92 Å². The molecule has 0 fully saturated rings. The first-order chi connectivity index (χ1) is 8.66. The molecule has 0 aromatic carbocycles. The fraction of sp³-hybridized carbons (Fsp3) is 0.846. The lowest BCUT2D eigenvalue weighted by Crippen LogP contribution is -2.14. The molecule has 0 aromatic heterocycles. The Labute approximate surface area is 108 Å². The van der Waals surface area contributed by atoms with Crippen molar-refractivity contribution in [1.82, 2.24) is 0 Å². The number of unbranched alkanes of at least 4 members (excludes halogenated alkanes) is 5. The normalized spacial score (nSPS) is 10.3. The van der Waals surface area contributed by atoms with E-state index in [0.29, 0.717) is 6.42 Å². The maximum atomic E-state index is 11.2. The summed E-state index contributed by atoms with van der Waals surface area (Å²) in [4.78, 5) is 21.3. The summed E-state index contributed by atoms with van der Waals surface area (Å²) >= 11 is 0. The third-order valence-corrected chi connectivity index (χ3v) is 2.45. The summed E-state index contributed by atoms with van der Waals surface area (Å²) in [6, 6.07) is 0. The van der Waals surface area contributed by atoms with Gasteiger partial charge in [0.15, 0.2) is 0 Å². The zero-order valence-electron chi connectivity index (χ0n) is 11.2. The molecule has 0 amide bonds. The van der Waals surface area contributed by atoms with E-state index < -0.39 is 5.97 Å². The fourth-order valence-electron chi connectivity index (χ4n) is 1.50. The molecule has 0 radical (unpaired) electrons. The van der Waals surface area contributed by atoms with Crippen molar-refractivity contribution in [3.05, 3.63) is 0 Å². The summed E-state index contributed by atoms with van der Waals surface area (Å²) in [6.07, 6.45) is 7.23. The van der Waals surface area contributed by atoms with Gasteiger partial charge in [-0.05, 0) is 6.42 Å². The number of hydrogen-bond donors (Lipinski definition) is 1. The number of ether oxygens (including phenoxy) is 2. The number of esters is 1. The van der Waals surface area contributed by atoms with Crippen LogP contribution >= 0.6 is 0 Å². The molecule has 0 atom stereocenters. The van der Waals surface area contributed by atoms with Gasteiger partial charge < -0.3 is 14.6 Å². The first kappa shape index (κ1) is 16.9. The molecule has 5 nitrogen and oxygen atoms in total.